The molecule has 19 heavy (non-hydrogen) atoms. The zero-order valence-corrected chi connectivity index (χ0v) is 12.0. The first kappa shape index (κ1) is 13.9. The molecule has 1 aromatic carbocycles. The number of hydrogen-bond acceptors (Lipinski definition) is 4. The van der Waals surface area contributed by atoms with Gasteiger partial charge in [-0.1, -0.05) is 18.2 Å². The molecule has 0 aliphatic rings. The molecule has 100 valence electrons. The van der Waals surface area contributed by atoms with E-state index in [2.05, 4.69) is 16.4 Å². The topological polar surface area (TPSA) is 34.1 Å². The van der Waals surface area contributed by atoms with Gasteiger partial charge in [-0.3, -0.25) is 4.98 Å². The molecule has 1 heterocycles. The molecule has 1 aromatic heterocycles. The summed E-state index contributed by atoms with van der Waals surface area (Å²) in [5, 5.41) is 3.10. The van der Waals surface area contributed by atoms with Gasteiger partial charge in [-0.15, -0.1) is 11.8 Å². The van der Waals surface area contributed by atoms with Crippen molar-refractivity contribution in [1.29, 1.82) is 0 Å². The highest BCUT2D eigenvalue weighted by Gasteiger charge is 2.03. The van der Waals surface area contributed by atoms with Gasteiger partial charge in [0.25, 0.3) is 0 Å². The van der Waals surface area contributed by atoms with E-state index in [1.165, 1.54) is 0 Å². The molecule has 0 fully saturated rings. The molecule has 4 heteroatoms. The second-order valence-corrected chi connectivity index (χ2v) is 4.94. The fourth-order valence-electron chi connectivity index (χ4n) is 1.78. The van der Waals surface area contributed by atoms with Crippen LogP contribution in [0.25, 0.3) is 0 Å². The summed E-state index contributed by atoms with van der Waals surface area (Å²) in [6, 6.07) is 14.1. The summed E-state index contributed by atoms with van der Waals surface area (Å²) >= 11 is 1.69. The van der Waals surface area contributed by atoms with E-state index in [4.69, 9.17) is 4.74 Å². The Bertz CT molecular complexity index is 531. The minimum atomic E-state index is 0.495. The van der Waals surface area contributed by atoms with Crippen LogP contribution in [-0.4, -0.2) is 18.3 Å². The van der Waals surface area contributed by atoms with Gasteiger partial charge in [0.05, 0.1) is 11.4 Å². The molecule has 0 bridgehead atoms. The van der Waals surface area contributed by atoms with E-state index in [0.717, 1.165) is 28.6 Å². The number of ether oxygens (including phenoxy) is 1. The van der Waals surface area contributed by atoms with E-state index in [0.29, 0.717) is 6.61 Å². The number of aromatic nitrogens is 1. The number of pyridine rings is 1. The maximum atomic E-state index is 5.84. The number of para-hydroxylation sites is 1. The summed E-state index contributed by atoms with van der Waals surface area (Å²) in [4.78, 5) is 5.69. The molecule has 2 aromatic rings. The van der Waals surface area contributed by atoms with Crippen LogP contribution < -0.4 is 10.1 Å². The van der Waals surface area contributed by atoms with Crippen LogP contribution in [0.5, 0.6) is 5.75 Å². The third-order valence-corrected chi connectivity index (χ3v) is 3.44. The molecule has 0 spiro atoms. The highest BCUT2D eigenvalue weighted by atomic mass is 32.2. The van der Waals surface area contributed by atoms with Gasteiger partial charge in [0.15, 0.2) is 0 Å². The average molecular weight is 274 g/mol. The van der Waals surface area contributed by atoms with Crippen molar-refractivity contribution < 1.29 is 4.74 Å². The van der Waals surface area contributed by atoms with E-state index in [1.54, 1.807) is 11.8 Å². The smallest absolute Gasteiger partial charge is 0.133 e. The Hall–Kier alpha value is -1.52. The lowest BCUT2D eigenvalue weighted by Crippen LogP contribution is -2.08. The Kier molecular flexibility index (Phi) is 5.24. The van der Waals surface area contributed by atoms with Crippen molar-refractivity contribution in [2.45, 2.75) is 18.0 Å². The number of hydrogen-bond donors (Lipinski definition) is 1. The van der Waals surface area contributed by atoms with Gasteiger partial charge >= 0.3 is 0 Å². The maximum absolute atomic E-state index is 5.84. The van der Waals surface area contributed by atoms with Crippen LogP contribution >= 0.6 is 11.8 Å². The molecule has 2 rings (SSSR count). The van der Waals surface area contributed by atoms with Crippen molar-refractivity contribution >= 4 is 11.8 Å². The lowest BCUT2D eigenvalue weighted by atomic mass is 10.3. The van der Waals surface area contributed by atoms with Crippen LogP contribution in [-0.2, 0) is 13.2 Å². The summed E-state index contributed by atoms with van der Waals surface area (Å²) in [7, 11) is 1.92. The average Bonchev–Trinajstić information content (AvgIpc) is 2.46. The molecular weight excluding hydrogens is 256 g/mol. The molecule has 0 saturated carbocycles. The van der Waals surface area contributed by atoms with Crippen molar-refractivity contribution in [3.05, 3.63) is 53.9 Å². The fraction of sp³-hybridized carbons (Fsp3) is 0.267. The van der Waals surface area contributed by atoms with E-state index >= 15 is 0 Å². The molecule has 0 unspecified atom stereocenters. The first-order chi connectivity index (χ1) is 9.33. The third-order valence-electron chi connectivity index (χ3n) is 2.67. The van der Waals surface area contributed by atoms with Gasteiger partial charge in [0, 0.05) is 11.4 Å². The summed E-state index contributed by atoms with van der Waals surface area (Å²) in [5.41, 5.74) is 1.98. The first-order valence-electron chi connectivity index (χ1n) is 6.18. The minimum Gasteiger partial charge on any atom is -0.486 e. The van der Waals surface area contributed by atoms with Crippen molar-refractivity contribution in [2.24, 2.45) is 0 Å². The second-order valence-electron chi connectivity index (χ2n) is 4.09. The third kappa shape index (κ3) is 3.98. The maximum Gasteiger partial charge on any atom is 0.133 e. The molecule has 0 amide bonds. The second kappa shape index (κ2) is 7.16. The zero-order chi connectivity index (χ0) is 13.5. The molecule has 3 nitrogen and oxygen atoms in total. The van der Waals surface area contributed by atoms with Gasteiger partial charge in [-0.25, -0.2) is 0 Å². The lowest BCUT2D eigenvalue weighted by molar-refractivity contribution is 0.294. The van der Waals surface area contributed by atoms with Crippen LogP contribution in [0.1, 0.15) is 11.4 Å². The predicted octanol–water partition coefficient (Wildman–Crippen LogP) is 3.10. The van der Waals surface area contributed by atoms with Crippen LogP contribution in [0, 0.1) is 0 Å². The summed E-state index contributed by atoms with van der Waals surface area (Å²) in [5.74, 6) is 0.913. The van der Waals surface area contributed by atoms with Gasteiger partial charge in [0.2, 0.25) is 0 Å². The van der Waals surface area contributed by atoms with Crippen molar-refractivity contribution in [2.75, 3.05) is 13.3 Å². The molecule has 0 aliphatic carbocycles. The van der Waals surface area contributed by atoms with Crippen molar-refractivity contribution in [3.63, 3.8) is 0 Å². The van der Waals surface area contributed by atoms with Gasteiger partial charge in [-0.05, 0) is 37.6 Å². The SMILES string of the molecule is CNCc1cccc(COc2ccccc2SC)n1. The van der Waals surface area contributed by atoms with Gasteiger partial charge in [-0.2, -0.15) is 0 Å². The standard InChI is InChI=1S/C15H18N2OS/c1-16-10-12-6-5-7-13(17-12)11-18-14-8-3-4-9-15(14)19-2/h3-9,16H,10-11H2,1-2H3. The molecule has 0 radical (unpaired) electrons. The van der Waals surface area contributed by atoms with Gasteiger partial charge in [0.1, 0.15) is 12.4 Å². The number of benzene rings is 1. The fourth-order valence-corrected chi connectivity index (χ4v) is 2.32. The van der Waals surface area contributed by atoms with Crippen LogP contribution in [0.2, 0.25) is 0 Å². The van der Waals surface area contributed by atoms with Crippen LogP contribution in [0.4, 0.5) is 0 Å². The number of thioether (sulfide) groups is 1. The van der Waals surface area contributed by atoms with Crippen LogP contribution in [0.3, 0.4) is 0 Å². The zero-order valence-electron chi connectivity index (χ0n) is 11.2. The lowest BCUT2D eigenvalue weighted by Gasteiger charge is -2.10. The summed E-state index contributed by atoms with van der Waals surface area (Å²) in [6.07, 6.45) is 2.05. The highest BCUT2D eigenvalue weighted by Crippen LogP contribution is 2.27. The Labute approximate surface area is 118 Å². The number of nitrogens with zero attached hydrogens (tertiary/aromatic N) is 1. The minimum absolute atomic E-state index is 0.495. The first-order valence-corrected chi connectivity index (χ1v) is 7.41. The largest absolute Gasteiger partial charge is 0.486 e. The predicted molar refractivity (Wildman–Crippen MR) is 79.6 cm³/mol. The molecule has 1 N–H and O–H groups in total. The summed E-state index contributed by atoms with van der Waals surface area (Å²) in [6.45, 7) is 1.27. The van der Waals surface area contributed by atoms with E-state index in [-0.39, 0.29) is 0 Å². The quantitative estimate of drug-likeness (QED) is 0.821. The van der Waals surface area contributed by atoms with Gasteiger partial charge < -0.3 is 10.1 Å². The number of nitrogens with one attached hydrogen (secondary N) is 1. The van der Waals surface area contributed by atoms with Crippen molar-refractivity contribution in [3.8, 4) is 5.75 Å². The molecule has 0 atom stereocenters. The molecule has 0 saturated heterocycles. The van der Waals surface area contributed by atoms with E-state index < -0.39 is 0 Å². The number of rotatable bonds is 6. The normalized spacial score (nSPS) is 10.4. The Morgan fingerprint density at radius 1 is 1.11 bits per heavy atom. The summed E-state index contributed by atoms with van der Waals surface area (Å²) < 4.78 is 5.84. The van der Waals surface area contributed by atoms with E-state index in [1.807, 2.05) is 49.7 Å². The Morgan fingerprint density at radius 2 is 1.89 bits per heavy atom. The Balaban J connectivity index is 2.03. The monoisotopic (exact) mass is 274 g/mol. The molecule has 0 aliphatic heterocycles. The Morgan fingerprint density at radius 3 is 2.68 bits per heavy atom. The highest BCUT2D eigenvalue weighted by molar-refractivity contribution is 7.98. The van der Waals surface area contributed by atoms with Crippen LogP contribution in [0.15, 0.2) is 47.4 Å². The van der Waals surface area contributed by atoms with Crippen molar-refractivity contribution in [1.82, 2.24) is 10.3 Å². The molecular formula is C15H18N2OS. The van der Waals surface area contributed by atoms with E-state index in [9.17, 15) is 0 Å².